The molecule has 0 radical (unpaired) electrons. The maximum absolute atomic E-state index is 15.2. The third-order valence-electron chi connectivity index (χ3n) is 7.10. The molecule has 1 fully saturated rings. The second-order valence-electron chi connectivity index (χ2n) is 8.94. The average molecular weight is 451 g/mol. The van der Waals surface area contributed by atoms with Gasteiger partial charge in [-0.1, -0.05) is 13.8 Å². The SMILES string of the molecule is CCC1(C)C(C)=Nc2c(F)cc(C3=NCN(c4ccc(N5CCNCC5)cn4)C=C3F)cc21. The number of halogens is 2. The van der Waals surface area contributed by atoms with E-state index in [2.05, 4.69) is 32.1 Å². The Balaban J connectivity index is 1.38. The summed E-state index contributed by atoms with van der Waals surface area (Å²) in [7, 11) is 0. The zero-order valence-electron chi connectivity index (χ0n) is 19.2. The smallest absolute Gasteiger partial charge is 0.165 e. The third-order valence-corrected chi connectivity index (χ3v) is 7.10. The first-order valence-electron chi connectivity index (χ1n) is 11.4. The Kier molecular flexibility index (Phi) is 5.48. The van der Waals surface area contributed by atoms with E-state index >= 15 is 4.39 Å². The molecular formula is C25H28F2N6. The van der Waals surface area contributed by atoms with E-state index < -0.39 is 11.6 Å². The van der Waals surface area contributed by atoms with Crippen molar-refractivity contribution in [2.75, 3.05) is 42.6 Å². The lowest BCUT2D eigenvalue weighted by Gasteiger charge is -2.29. The maximum Gasteiger partial charge on any atom is 0.165 e. The fourth-order valence-corrected chi connectivity index (χ4v) is 4.69. The minimum Gasteiger partial charge on any atom is -0.368 e. The van der Waals surface area contributed by atoms with Gasteiger partial charge < -0.3 is 15.1 Å². The van der Waals surface area contributed by atoms with Crippen LogP contribution in [0.15, 0.2) is 52.5 Å². The van der Waals surface area contributed by atoms with Gasteiger partial charge in [0.25, 0.3) is 0 Å². The Hall–Kier alpha value is -3.13. The molecule has 8 heteroatoms. The molecule has 0 bridgehead atoms. The second kappa shape index (κ2) is 8.33. The van der Waals surface area contributed by atoms with Crippen molar-refractivity contribution in [3.05, 3.63) is 59.4 Å². The summed E-state index contributed by atoms with van der Waals surface area (Å²) in [5.74, 6) is -0.334. The van der Waals surface area contributed by atoms with Gasteiger partial charge in [-0.3, -0.25) is 9.98 Å². The van der Waals surface area contributed by atoms with Crippen LogP contribution in [-0.2, 0) is 5.41 Å². The monoisotopic (exact) mass is 450 g/mol. The minimum absolute atomic E-state index is 0.161. The van der Waals surface area contributed by atoms with Gasteiger partial charge in [0.15, 0.2) is 5.83 Å². The van der Waals surface area contributed by atoms with Gasteiger partial charge >= 0.3 is 0 Å². The fourth-order valence-electron chi connectivity index (χ4n) is 4.69. The molecule has 1 aromatic heterocycles. The number of allylic oxidation sites excluding steroid dienone is 1. The largest absolute Gasteiger partial charge is 0.368 e. The van der Waals surface area contributed by atoms with E-state index in [9.17, 15) is 4.39 Å². The molecule has 0 amide bonds. The Bertz CT molecular complexity index is 1160. The Labute approximate surface area is 192 Å². The van der Waals surface area contributed by atoms with Crippen molar-refractivity contribution in [3.8, 4) is 0 Å². The van der Waals surface area contributed by atoms with Gasteiger partial charge in [-0.2, -0.15) is 0 Å². The molecule has 172 valence electrons. The van der Waals surface area contributed by atoms with Crippen molar-refractivity contribution in [3.63, 3.8) is 0 Å². The van der Waals surface area contributed by atoms with E-state index in [-0.39, 0.29) is 17.8 Å². The summed E-state index contributed by atoms with van der Waals surface area (Å²) < 4.78 is 30.1. The van der Waals surface area contributed by atoms with Crippen LogP contribution in [-0.4, -0.2) is 49.3 Å². The van der Waals surface area contributed by atoms with Crippen LogP contribution in [0.3, 0.4) is 0 Å². The lowest BCUT2D eigenvalue weighted by atomic mass is 9.77. The van der Waals surface area contributed by atoms with Crippen LogP contribution in [0.25, 0.3) is 0 Å². The van der Waals surface area contributed by atoms with Gasteiger partial charge in [-0.25, -0.2) is 13.8 Å². The van der Waals surface area contributed by atoms with Crippen molar-refractivity contribution in [1.29, 1.82) is 0 Å². The van der Waals surface area contributed by atoms with E-state index in [1.165, 1.54) is 12.3 Å². The van der Waals surface area contributed by atoms with Gasteiger partial charge in [-0.15, -0.1) is 0 Å². The van der Waals surface area contributed by atoms with Crippen LogP contribution < -0.4 is 15.1 Å². The van der Waals surface area contributed by atoms with Gasteiger partial charge in [0, 0.05) is 49.1 Å². The molecule has 1 unspecified atom stereocenters. The number of aromatic nitrogens is 1. The molecule has 5 rings (SSSR count). The number of fused-ring (bicyclic) bond motifs is 1. The predicted octanol–water partition coefficient (Wildman–Crippen LogP) is 4.48. The molecule has 33 heavy (non-hydrogen) atoms. The van der Waals surface area contributed by atoms with Crippen LogP contribution in [0.1, 0.15) is 38.3 Å². The molecule has 4 heterocycles. The summed E-state index contributed by atoms with van der Waals surface area (Å²) in [6.45, 7) is 10.00. The molecule has 3 aliphatic rings. The summed E-state index contributed by atoms with van der Waals surface area (Å²) in [5, 5.41) is 3.33. The number of hydrogen-bond acceptors (Lipinski definition) is 6. The number of hydrogen-bond donors (Lipinski definition) is 1. The number of nitrogens with one attached hydrogen (secondary N) is 1. The molecule has 1 N–H and O–H groups in total. The van der Waals surface area contributed by atoms with Gasteiger partial charge in [-0.05, 0) is 43.2 Å². The number of pyridine rings is 1. The first-order valence-corrected chi connectivity index (χ1v) is 11.4. The standard InChI is InChI=1S/C25H28F2N6/c1-4-25(3)16(2)31-24-19(25)11-17(12-20(24)26)23-21(27)14-33(15-30-23)22-6-5-18(13-29-22)32-9-7-28-8-10-32/h5-6,11-14,28H,4,7-10,15H2,1-3H3. The van der Waals surface area contributed by atoms with Gasteiger partial charge in [0.1, 0.15) is 29.7 Å². The topological polar surface area (TPSA) is 56.1 Å². The van der Waals surface area contributed by atoms with E-state index in [0.29, 0.717) is 17.1 Å². The van der Waals surface area contributed by atoms with Crippen molar-refractivity contribution < 1.29 is 8.78 Å². The molecule has 1 aromatic carbocycles. The lowest BCUT2D eigenvalue weighted by molar-refractivity contribution is 0.588. The zero-order chi connectivity index (χ0) is 23.2. The molecule has 2 aromatic rings. The molecule has 1 saturated heterocycles. The highest BCUT2D eigenvalue weighted by Crippen LogP contribution is 2.44. The van der Waals surface area contributed by atoms with Crippen LogP contribution in [0, 0.1) is 5.82 Å². The normalized spacial score (nSPS) is 22.6. The highest BCUT2D eigenvalue weighted by molar-refractivity contribution is 6.13. The highest BCUT2D eigenvalue weighted by atomic mass is 19.1. The molecular weight excluding hydrogens is 422 g/mol. The molecule has 1 atom stereocenters. The number of anilines is 2. The number of aliphatic imine (C=N–C) groups is 2. The first-order chi connectivity index (χ1) is 15.9. The average Bonchev–Trinajstić information content (AvgIpc) is 3.10. The quantitative estimate of drug-likeness (QED) is 0.746. The van der Waals surface area contributed by atoms with E-state index in [1.807, 2.05) is 38.2 Å². The second-order valence-corrected chi connectivity index (χ2v) is 8.94. The maximum atomic E-state index is 15.2. The minimum atomic E-state index is -0.512. The summed E-state index contributed by atoms with van der Waals surface area (Å²) >= 11 is 0. The van der Waals surface area contributed by atoms with Crippen molar-refractivity contribution in [2.24, 2.45) is 9.98 Å². The van der Waals surface area contributed by atoms with Crippen LogP contribution in [0.5, 0.6) is 0 Å². The van der Waals surface area contributed by atoms with Gasteiger partial charge in [0.05, 0.1) is 11.9 Å². The molecule has 0 aliphatic carbocycles. The van der Waals surface area contributed by atoms with Crippen molar-refractivity contribution in [1.82, 2.24) is 10.3 Å². The van der Waals surface area contributed by atoms with Crippen LogP contribution in [0.2, 0.25) is 0 Å². The first kappa shape index (κ1) is 21.7. The van der Waals surface area contributed by atoms with Crippen LogP contribution >= 0.6 is 0 Å². The number of benzene rings is 1. The highest BCUT2D eigenvalue weighted by Gasteiger charge is 2.37. The summed E-state index contributed by atoms with van der Waals surface area (Å²) in [6, 6.07) is 7.05. The molecule has 0 spiro atoms. The van der Waals surface area contributed by atoms with Gasteiger partial charge in [0.2, 0.25) is 0 Å². The summed E-state index contributed by atoms with van der Waals surface area (Å²) in [4.78, 5) is 17.3. The molecule has 0 saturated carbocycles. The van der Waals surface area contributed by atoms with E-state index in [4.69, 9.17) is 0 Å². The van der Waals surface area contributed by atoms with E-state index in [0.717, 1.165) is 49.6 Å². The van der Waals surface area contributed by atoms with Crippen molar-refractivity contribution in [2.45, 2.75) is 32.6 Å². The zero-order valence-corrected chi connectivity index (χ0v) is 19.2. The predicted molar refractivity (Wildman–Crippen MR) is 129 cm³/mol. The molecule has 3 aliphatic heterocycles. The van der Waals surface area contributed by atoms with Crippen molar-refractivity contribution >= 4 is 28.6 Å². The number of nitrogens with zero attached hydrogens (tertiary/aromatic N) is 5. The Morgan fingerprint density at radius 2 is 1.94 bits per heavy atom. The summed E-state index contributed by atoms with van der Waals surface area (Å²) in [5.41, 5.74) is 3.32. The summed E-state index contributed by atoms with van der Waals surface area (Å²) in [6.07, 6.45) is 3.99. The fraction of sp³-hybridized carbons (Fsp3) is 0.400. The molecule has 6 nitrogen and oxygen atoms in total. The number of rotatable bonds is 4. The Morgan fingerprint density at radius 1 is 1.15 bits per heavy atom. The number of piperazine rings is 1. The Morgan fingerprint density at radius 3 is 2.61 bits per heavy atom. The third kappa shape index (κ3) is 3.72. The van der Waals surface area contributed by atoms with E-state index in [1.54, 1.807) is 4.90 Å². The van der Waals surface area contributed by atoms with Crippen LogP contribution in [0.4, 0.5) is 26.0 Å². The lowest BCUT2D eigenvalue weighted by Crippen LogP contribution is -2.43.